The van der Waals surface area contributed by atoms with Crippen LogP contribution in [0.3, 0.4) is 0 Å². The molecule has 0 fully saturated rings. The van der Waals surface area contributed by atoms with Gasteiger partial charge in [-0.2, -0.15) is 0 Å². The fourth-order valence-electron chi connectivity index (χ4n) is 2.66. The predicted octanol–water partition coefficient (Wildman–Crippen LogP) is 2.38. The molecule has 3 rings (SSSR count). The fourth-order valence-corrected chi connectivity index (χ4v) is 2.66. The van der Waals surface area contributed by atoms with Crippen LogP contribution < -0.4 is 20.1 Å². The second-order valence-corrected chi connectivity index (χ2v) is 5.68. The topological polar surface area (TPSA) is 59.6 Å². The molecule has 5 heteroatoms. The van der Waals surface area contributed by atoms with Gasteiger partial charge in [-0.3, -0.25) is 4.79 Å². The van der Waals surface area contributed by atoms with Gasteiger partial charge >= 0.3 is 0 Å². The maximum Gasteiger partial charge on any atom is 0.258 e. The number of fused-ring (bicyclic) bond motifs is 1. The van der Waals surface area contributed by atoms with E-state index < -0.39 is 0 Å². The molecule has 0 aromatic heterocycles. The van der Waals surface area contributed by atoms with E-state index in [1.54, 1.807) is 12.1 Å². The third kappa shape index (κ3) is 4.26. The molecule has 0 aliphatic carbocycles. The first-order valence-corrected chi connectivity index (χ1v) is 8.18. The van der Waals surface area contributed by atoms with E-state index >= 15 is 0 Å². The number of benzene rings is 2. The van der Waals surface area contributed by atoms with Crippen molar-refractivity contribution in [3.05, 3.63) is 59.2 Å². The molecule has 1 heterocycles. The lowest BCUT2D eigenvalue weighted by molar-refractivity contribution is -0.123. The summed E-state index contributed by atoms with van der Waals surface area (Å²) in [6.45, 7) is 4.91. The van der Waals surface area contributed by atoms with E-state index in [1.165, 1.54) is 11.1 Å². The van der Waals surface area contributed by atoms with Crippen LogP contribution in [0.15, 0.2) is 42.5 Å². The molecule has 126 valence electrons. The molecule has 1 aliphatic heterocycles. The lowest BCUT2D eigenvalue weighted by atomic mass is 10.1. The van der Waals surface area contributed by atoms with Crippen molar-refractivity contribution in [2.24, 2.45) is 0 Å². The number of rotatable bonds is 7. The zero-order valence-electron chi connectivity index (χ0n) is 13.8. The number of ether oxygens (including phenoxy) is 2. The third-order valence-electron chi connectivity index (χ3n) is 3.90. The largest absolute Gasteiger partial charge is 0.494 e. The van der Waals surface area contributed by atoms with Crippen LogP contribution >= 0.6 is 0 Å². The van der Waals surface area contributed by atoms with Crippen molar-refractivity contribution >= 4 is 5.91 Å². The summed E-state index contributed by atoms with van der Waals surface area (Å²) in [4.78, 5) is 11.9. The summed E-state index contributed by atoms with van der Waals surface area (Å²) < 4.78 is 10.9. The minimum absolute atomic E-state index is 0.000474. The molecule has 0 unspecified atom stereocenters. The Hall–Kier alpha value is -2.53. The van der Waals surface area contributed by atoms with Crippen LogP contribution in [-0.4, -0.2) is 19.1 Å². The Morgan fingerprint density at radius 2 is 1.75 bits per heavy atom. The van der Waals surface area contributed by atoms with Crippen LogP contribution in [0.25, 0.3) is 0 Å². The molecule has 0 saturated carbocycles. The zero-order valence-corrected chi connectivity index (χ0v) is 13.8. The number of amides is 1. The van der Waals surface area contributed by atoms with Crippen molar-refractivity contribution in [2.75, 3.05) is 13.2 Å². The summed E-state index contributed by atoms with van der Waals surface area (Å²) in [5.74, 6) is 1.31. The van der Waals surface area contributed by atoms with E-state index in [4.69, 9.17) is 9.47 Å². The van der Waals surface area contributed by atoms with E-state index in [2.05, 4.69) is 28.8 Å². The van der Waals surface area contributed by atoms with Gasteiger partial charge in [0.2, 0.25) is 0 Å². The Labute approximate surface area is 142 Å². The molecular weight excluding hydrogens is 304 g/mol. The molecule has 0 spiro atoms. The highest BCUT2D eigenvalue weighted by Crippen LogP contribution is 2.18. The molecule has 2 N–H and O–H groups in total. The van der Waals surface area contributed by atoms with Gasteiger partial charge in [-0.05, 0) is 47.9 Å². The summed E-state index contributed by atoms with van der Waals surface area (Å²) in [5.41, 5.74) is 3.75. The van der Waals surface area contributed by atoms with E-state index in [0.717, 1.165) is 24.4 Å². The minimum atomic E-state index is -0.137. The average Bonchev–Trinajstić information content (AvgIpc) is 3.07. The zero-order chi connectivity index (χ0) is 16.8. The second kappa shape index (κ2) is 7.84. The Kier molecular flexibility index (Phi) is 5.33. The molecule has 1 amide bonds. The number of nitrogens with one attached hydrogen (secondary N) is 2. The molecule has 1 aliphatic rings. The summed E-state index contributed by atoms with van der Waals surface area (Å²) in [6.07, 6.45) is 0. The maximum absolute atomic E-state index is 11.9. The van der Waals surface area contributed by atoms with Crippen LogP contribution in [0.2, 0.25) is 0 Å². The van der Waals surface area contributed by atoms with E-state index in [-0.39, 0.29) is 12.5 Å². The van der Waals surface area contributed by atoms with E-state index in [0.29, 0.717) is 18.9 Å². The summed E-state index contributed by atoms with van der Waals surface area (Å²) in [7, 11) is 0. The van der Waals surface area contributed by atoms with Gasteiger partial charge in [-0.1, -0.05) is 18.2 Å². The van der Waals surface area contributed by atoms with Crippen molar-refractivity contribution in [2.45, 2.75) is 26.6 Å². The number of carbonyl (C=O) groups excluding carboxylic acids is 1. The van der Waals surface area contributed by atoms with Crippen LogP contribution in [-0.2, 0) is 24.4 Å². The number of hydrogen-bond acceptors (Lipinski definition) is 4. The van der Waals surface area contributed by atoms with Crippen LogP contribution in [0, 0.1) is 0 Å². The van der Waals surface area contributed by atoms with E-state index in [9.17, 15) is 4.79 Å². The van der Waals surface area contributed by atoms with Crippen LogP contribution in [0.5, 0.6) is 11.5 Å². The van der Waals surface area contributed by atoms with Gasteiger partial charge in [-0.15, -0.1) is 0 Å². The second-order valence-electron chi connectivity index (χ2n) is 5.68. The summed E-state index contributed by atoms with van der Waals surface area (Å²) >= 11 is 0. The third-order valence-corrected chi connectivity index (χ3v) is 3.90. The molecule has 5 nitrogen and oxygen atoms in total. The highest BCUT2D eigenvalue weighted by Gasteiger charge is 2.10. The fraction of sp³-hybridized carbons (Fsp3) is 0.316. The lowest BCUT2D eigenvalue weighted by Gasteiger charge is -2.09. The van der Waals surface area contributed by atoms with Gasteiger partial charge in [0, 0.05) is 19.6 Å². The minimum Gasteiger partial charge on any atom is -0.494 e. The number of carbonyl (C=O) groups is 1. The molecule has 2 aromatic rings. The van der Waals surface area contributed by atoms with Crippen LogP contribution in [0.1, 0.15) is 23.6 Å². The van der Waals surface area contributed by atoms with Crippen molar-refractivity contribution in [3.63, 3.8) is 0 Å². The van der Waals surface area contributed by atoms with Crippen molar-refractivity contribution in [1.29, 1.82) is 0 Å². The quantitative estimate of drug-likeness (QED) is 0.820. The first-order chi connectivity index (χ1) is 11.7. The first kappa shape index (κ1) is 16.3. The summed E-state index contributed by atoms with van der Waals surface area (Å²) in [5, 5.41) is 6.20. The van der Waals surface area contributed by atoms with Crippen LogP contribution in [0.4, 0.5) is 0 Å². The van der Waals surface area contributed by atoms with Crippen molar-refractivity contribution < 1.29 is 14.3 Å². The molecule has 0 saturated heterocycles. The van der Waals surface area contributed by atoms with Crippen molar-refractivity contribution in [1.82, 2.24) is 10.6 Å². The van der Waals surface area contributed by atoms with Gasteiger partial charge in [0.05, 0.1) is 6.61 Å². The maximum atomic E-state index is 11.9. The first-order valence-electron chi connectivity index (χ1n) is 8.18. The lowest BCUT2D eigenvalue weighted by Crippen LogP contribution is -2.28. The number of hydrogen-bond donors (Lipinski definition) is 2. The Morgan fingerprint density at radius 1 is 1.04 bits per heavy atom. The summed E-state index contributed by atoms with van der Waals surface area (Å²) in [6, 6.07) is 13.6. The molecular formula is C19H22N2O3. The Balaban J connectivity index is 1.44. The highest BCUT2D eigenvalue weighted by molar-refractivity contribution is 5.77. The highest BCUT2D eigenvalue weighted by atomic mass is 16.5. The van der Waals surface area contributed by atoms with Gasteiger partial charge in [0.1, 0.15) is 11.5 Å². The monoisotopic (exact) mass is 326 g/mol. The molecule has 0 atom stereocenters. The van der Waals surface area contributed by atoms with Gasteiger partial charge < -0.3 is 20.1 Å². The van der Waals surface area contributed by atoms with Gasteiger partial charge in [-0.25, -0.2) is 0 Å². The molecule has 0 radical (unpaired) electrons. The molecule has 2 aromatic carbocycles. The van der Waals surface area contributed by atoms with Gasteiger partial charge in [0.15, 0.2) is 6.61 Å². The smallest absolute Gasteiger partial charge is 0.258 e. The predicted molar refractivity (Wildman–Crippen MR) is 91.9 cm³/mol. The van der Waals surface area contributed by atoms with E-state index in [1.807, 2.05) is 19.1 Å². The normalized spacial score (nSPS) is 12.5. The molecule has 24 heavy (non-hydrogen) atoms. The average molecular weight is 326 g/mol. The Morgan fingerprint density at radius 3 is 2.50 bits per heavy atom. The van der Waals surface area contributed by atoms with Crippen molar-refractivity contribution in [3.8, 4) is 11.5 Å². The van der Waals surface area contributed by atoms with Gasteiger partial charge in [0.25, 0.3) is 5.91 Å². The molecule has 0 bridgehead atoms. The Bertz CT molecular complexity index is 698. The SMILES string of the molecule is CCOc1ccc(OCC(=O)NCc2ccc3c(c2)CNC3)cc1. The standard InChI is InChI=1S/C19H22N2O3/c1-2-23-17-5-7-18(8-6-17)24-13-19(22)21-10-14-3-4-15-11-20-12-16(15)9-14/h3-9,20H,2,10-13H2,1H3,(H,21,22).